The summed E-state index contributed by atoms with van der Waals surface area (Å²) in [6.45, 7) is 6.74. The molecule has 1 fully saturated rings. The minimum absolute atomic E-state index is 0.938. The molecular formula is C14H21BrN2. The van der Waals surface area contributed by atoms with Crippen molar-refractivity contribution in [2.24, 2.45) is 5.92 Å². The van der Waals surface area contributed by atoms with Crippen molar-refractivity contribution < 1.29 is 0 Å². The molecule has 1 saturated heterocycles. The van der Waals surface area contributed by atoms with Gasteiger partial charge in [0.1, 0.15) is 5.82 Å². The Morgan fingerprint density at radius 1 is 1.41 bits per heavy atom. The second-order valence-electron chi connectivity index (χ2n) is 5.01. The number of pyridine rings is 1. The molecule has 1 aromatic heterocycles. The number of rotatable bonds is 3. The fourth-order valence-electron chi connectivity index (χ4n) is 2.56. The Hall–Kier alpha value is -0.570. The molecule has 2 nitrogen and oxygen atoms in total. The first-order valence-electron chi connectivity index (χ1n) is 6.57. The van der Waals surface area contributed by atoms with E-state index in [1.54, 1.807) is 0 Å². The number of aromatic nitrogens is 1. The highest BCUT2D eigenvalue weighted by Crippen LogP contribution is 2.26. The number of anilines is 1. The Labute approximate surface area is 113 Å². The summed E-state index contributed by atoms with van der Waals surface area (Å²) in [5.41, 5.74) is 1.27. The molecular weight excluding hydrogens is 276 g/mol. The van der Waals surface area contributed by atoms with Crippen LogP contribution < -0.4 is 4.90 Å². The van der Waals surface area contributed by atoms with E-state index >= 15 is 0 Å². The van der Waals surface area contributed by atoms with Gasteiger partial charge in [0, 0.05) is 23.8 Å². The smallest absolute Gasteiger partial charge is 0.128 e. The molecule has 0 amide bonds. The van der Waals surface area contributed by atoms with E-state index in [9.17, 15) is 0 Å². The second kappa shape index (κ2) is 5.85. The Morgan fingerprint density at radius 3 is 2.71 bits per heavy atom. The van der Waals surface area contributed by atoms with Crippen molar-refractivity contribution in [1.29, 1.82) is 0 Å². The number of nitrogens with zero attached hydrogens (tertiary/aromatic N) is 2. The van der Waals surface area contributed by atoms with E-state index in [0.29, 0.717) is 0 Å². The lowest BCUT2D eigenvalue weighted by Gasteiger charge is -2.32. The first-order valence-corrected chi connectivity index (χ1v) is 7.37. The molecule has 2 heterocycles. The summed E-state index contributed by atoms with van der Waals surface area (Å²) < 4.78 is 1.10. The lowest BCUT2D eigenvalue weighted by Crippen LogP contribution is -2.34. The zero-order chi connectivity index (χ0) is 12.3. The van der Waals surface area contributed by atoms with Gasteiger partial charge in [0.15, 0.2) is 0 Å². The number of hydrogen-bond donors (Lipinski definition) is 0. The van der Waals surface area contributed by atoms with Gasteiger partial charge in [-0.2, -0.15) is 0 Å². The predicted molar refractivity (Wildman–Crippen MR) is 76.5 cm³/mol. The average Bonchev–Trinajstić information content (AvgIpc) is 2.34. The van der Waals surface area contributed by atoms with Gasteiger partial charge in [-0.25, -0.2) is 4.98 Å². The van der Waals surface area contributed by atoms with Gasteiger partial charge in [-0.3, -0.25) is 0 Å². The zero-order valence-corrected chi connectivity index (χ0v) is 12.3. The van der Waals surface area contributed by atoms with E-state index in [-0.39, 0.29) is 0 Å². The van der Waals surface area contributed by atoms with Gasteiger partial charge >= 0.3 is 0 Å². The molecule has 0 spiro atoms. The number of hydrogen-bond acceptors (Lipinski definition) is 2. The lowest BCUT2D eigenvalue weighted by molar-refractivity contribution is 0.377. The lowest BCUT2D eigenvalue weighted by atomic mass is 9.92. The van der Waals surface area contributed by atoms with Crippen LogP contribution in [0.1, 0.15) is 38.2 Å². The molecule has 94 valence electrons. The molecule has 0 radical (unpaired) electrons. The average molecular weight is 297 g/mol. The van der Waals surface area contributed by atoms with Crippen LogP contribution in [0.15, 0.2) is 16.7 Å². The van der Waals surface area contributed by atoms with Gasteiger partial charge < -0.3 is 4.90 Å². The zero-order valence-electron chi connectivity index (χ0n) is 10.7. The van der Waals surface area contributed by atoms with Crippen LogP contribution >= 0.6 is 15.9 Å². The Morgan fingerprint density at radius 2 is 2.12 bits per heavy atom. The van der Waals surface area contributed by atoms with Crippen molar-refractivity contribution in [3.05, 3.63) is 22.3 Å². The van der Waals surface area contributed by atoms with Crippen LogP contribution in [0, 0.1) is 12.8 Å². The summed E-state index contributed by atoms with van der Waals surface area (Å²) in [6, 6.07) is 2.18. The molecule has 1 aromatic rings. The largest absolute Gasteiger partial charge is 0.357 e. The molecule has 0 saturated carbocycles. The van der Waals surface area contributed by atoms with E-state index in [1.807, 2.05) is 6.20 Å². The van der Waals surface area contributed by atoms with Crippen LogP contribution in [0.3, 0.4) is 0 Å². The van der Waals surface area contributed by atoms with Gasteiger partial charge in [0.2, 0.25) is 0 Å². The normalized spacial score (nSPS) is 17.5. The fraction of sp³-hybridized carbons (Fsp3) is 0.643. The number of piperidine rings is 1. The molecule has 2 rings (SSSR count). The molecule has 0 bridgehead atoms. The maximum Gasteiger partial charge on any atom is 0.128 e. The minimum Gasteiger partial charge on any atom is -0.357 e. The van der Waals surface area contributed by atoms with Crippen molar-refractivity contribution in [2.45, 2.75) is 39.5 Å². The molecule has 1 aliphatic rings. The SMILES string of the molecule is CCCC1CCN(c2cc(C)c(Br)cn2)CC1. The van der Waals surface area contributed by atoms with Crippen molar-refractivity contribution in [3.8, 4) is 0 Å². The predicted octanol–water partition coefficient (Wildman–Crippen LogP) is 4.17. The summed E-state index contributed by atoms with van der Waals surface area (Å²) in [5, 5.41) is 0. The van der Waals surface area contributed by atoms with Crippen LogP contribution in [0.5, 0.6) is 0 Å². The standard InChI is InChI=1S/C14H21BrN2/c1-3-4-12-5-7-17(8-6-12)14-9-11(2)13(15)10-16-14/h9-10,12H,3-8H2,1-2H3. The monoisotopic (exact) mass is 296 g/mol. The number of halogens is 1. The van der Waals surface area contributed by atoms with Crippen LogP contribution in [0.2, 0.25) is 0 Å². The summed E-state index contributed by atoms with van der Waals surface area (Å²) in [4.78, 5) is 6.94. The van der Waals surface area contributed by atoms with Crippen molar-refractivity contribution in [2.75, 3.05) is 18.0 Å². The summed E-state index contributed by atoms with van der Waals surface area (Å²) >= 11 is 3.50. The maximum absolute atomic E-state index is 4.51. The summed E-state index contributed by atoms with van der Waals surface area (Å²) in [6.07, 6.45) is 7.28. The highest BCUT2D eigenvalue weighted by atomic mass is 79.9. The van der Waals surface area contributed by atoms with Crippen molar-refractivity contribution in [1.82, 2.24) is 4.98 Å². The van der Waals surface area contributed by atoms with Crippen LogP contribution in [-0.4, -0.2) is 18.1 Å². The maximum atomic E-state index is 4.51. The van der Waals surface area contributed by atoms with Crippen LogP contribution in [0.4, 0.5) is 5.82 Å². The molecule has 0 aromatic carbocycles. The van der Waals surface area contributed by atoms with Gasteiger partial charge in [-0.05, 0) is 53.2 Å². The molecule has 0 unspecified atom stereocenters. The van der Waals surface area contributed by atoms with E-state index in [1.165, 1.54) is 44.3 Å². The topological polar surface area (TPSA) is 16.1 Å². The van der Waals surface area contributed by atoms with Gasteiger partial charge in [0.05, 0.1) is 0 Å². The molecule has 3 heteroatoms. The van der Waals surface area contributed by atoms with Crippen molar-refractivity contribution >= 4 is 21.7 Å². The van der Waals surface area contributed by atoms with Crippen molar-refractivity contribution in [3.63, 3.8) is 0 Å². The Bertz CT molecular complexity index is 370. The quantitative estimate of drug-likeness (QED) is 0.832. The molecule has 0 atom stereocenters. The van der Waals surface area contributed by atoms with Crippen LogP contribution in [-0.2, 0) is 0 Å². The Kier molecular flexibility index (Phi) is 4.43. The van der Waals surface area contributed by atoms with Gasteiger partial charge in [-0.15, -0.1) is 0 Å². The third kappa shape index (κ3) is 3.21. The molecule has 0 aliphatic carbocycles. The van der Waals surface area contributed by atoms with Gasteiger partial charge in [-0.1, -0.05) is 19.8 Å². The minimum atomic E-state index is 0.938. The first kappa shape index (κ1) is 12.9. The Balaban J connectivity index is 1.98. The van der Waals surface area contributed by atoms with E-state index < -0.39 is 0 Å². The highest BCUT2D eigenvalue weighted by Gasteiger charge is 2.19. The molecule has 17 heavy (non-hydrogen) atoms. The first-order chi connectivity index (χ1) is 8.20. The second-order valence-corrected chi connectivity index (χ2v) is 5.87. The van der Waals surface area contributed by atoms with Crippen LogP contribution in [0.25, 0.3) is 0 Å². The summed E-state index contributed by atoms with van der Waals surface area (Å²) in [7, 11) is 0. The van der Waals surface area contributed by atoms with E-state index in [4.69, 9.17) is 0 Å². The molecule has 0 N–H and O–H groups in total. The third-order valence-corrected chi connectivity index (χ3v) is 4.50. The third-order valence-electron chi connectivity index (χ3n) is 3.67. The molecule has 1 aliphatic heterocycles. The van der Waals surface area contributed by atoms with Gasteiger partial charge in [0.25, 0.3) is 0 Å². The summed E-state index contributed by atoms with van der Waals surface area (Å²) in [5.74, 6) is 2.08. The number of aryl methyl sites for hydroxylation is 1. The van der Waals surface area contributed by atoms with E-state index in [0.717, 1.165) is 16.2 Å². The highest BCUT2D eigenvalue weighted by molar-refractivity contribution is 9.10. The van der Waals surface area contributed by atoms with E-state index in [2.05, 4.69) is 45.7 Å². The fourth-order valence-corrected chi connectivity index (χ4v) is 2.77.